The van der Waals surface area contributed by atoms with Gasteiger partial charge in [-0.05, 0) is 25.1 Å². The van der Waals surface area contributed by atoms with Gasteiger partial charge >= 0.3 is 0 Å². The van der Waals surface area contributed by atoms with Crippen molar-refractivity contribution in [1.29, 1.82) is 0 Å². The van der Waals surface area contributed by atoms with Gasteiger partial charge in [0.15, 0.2) is 0 Å². The summed E-state index contributed by atoms with van der Waals surface area (Å²) in [5.41, 5.74) is 3.50. The first-order chi connectivity index (χ1) is 10.3. The zero-order chi connectivity index (χ0) is 14.7. The van der Waals surface area contributed by atoms with Crippen LogP contribution in [-0.4, -0.2) is 25.9 Å². The molecule has 0 fully saturated rings. The molecule has 1 atom stereocenters. The molecule has 1 unspecified atom stereocenters. The fourth-order valence-corrected chi connectivity index (χ4v) is 2.67. The largest absolute Gasteiger partial charge is 0.306 e. The highest BCUT2D eigenvalue weighted by Gasteiger charge is 2.19. The van der Waals surface area contributed by atoms with Crippen LogP contribution in [0.15, 0.2) is 43.0 Å². The molecule has 5 nitrogen and oxygen atoms in total. The monoisotopic (exact) mass is 283 g/mol. The number of hydrogen-bond acceptors (Lipinski definition) is 3. The van der Waals surface area contributed by atoms with E-state index in [9.17, 15) is 0 Å². The van der Waals surface area contributed by atoms with Crippen molar-refractivity contribution < 1.29 is 0 Å². The van der Waals surface area contributed by atoms with Gasteiger partial charge < -0.3 is 5.32 Å². The molecule has 0 aliphatic heterocycles. The molecule has 3 heterocycles. The second kappa shape index (κ2) is 6.10. The standard InChI is InChI=1S/C16H21N5/c1-3-8-20-12-13(10-18-20)16(17-4-2)14-11-19-21-9-6-5-7-15(14)21/h5-7,9-12,16-17H,3-4,8H2,1-2H3. The van der Waals surface area contributed by atoms with Crippen LogP contribution >= 0.6 is 0 Å². The van der Waals surface area contributed by atoms with E-state index in [1.165, 1.54) is 11.1 Å². The van der Waals surface area contributed by atoms with Gasteiger partial charge in [-0.3, -0.25) is 4.68 Å². The number of hydrogen-bond donors (Lipinski definition) is 1. The van der Waals surface area contributed by atoms with E-state index >= 15 is 0 Å². The topological polar surface area (TPSA) is 47.2 Å². The second-order valence-electron chi connectivity index (χ2n) is 5.16. The van der Waals surface area contributed by atoms with Crippen LogP contribution in [0.3, 0.4) is 0 Å². The summed E-state index contributed by atoms with van der Waals surface area (Å²) >= 11 is 0. The van der Waals surface area contributed by atoms with E-state index in [-0.39, 0.29) is 6.04 Å². The molecular formula is C16H21N5. The Morgan fingerprint density at radius 3 is 2.90 bits per heavy atom. The van der Waals surface area contributed by atoms with Gasteiger partial charge in [-0.1, -0.05) is 19.9 Å². The first-order valence-corrected chi connectivity index (χ1v) is 7.51. The van der Waals surface area contributed by atoms with Gasteiger partial charge in [0.2, 0.25) is 0 Å². The summed E-state index contributed by atoms with van der Waals surface area (Å²) in [5.74, 6) is 0. The number of nitrogens with zero attached hydrogens (tertiary/aromatic N) is 4. The molecule has 3 aromatic heterocycles. The van der Waals surface area contributed by atoms with E-state index in [2.05, 4.69) is 41.6 Å². The lowest BCUT2D eigenvalue weighted by Gasteiger charge is -2.15. The number of aromatic nitrogens is 4. The molecule has 0 saturated carbocycles. The van der Waals surface area contributed by atoms with Crippen molar-refractivity contribution in [2.75, 3.05) is 6.54 Å². The average Bonchev–Trinajstić information content (AvgIpc) is 3.12. The van der Waals surface area contributed by atoms with E-state index in [1.807, 2.05) is 39.9 Å². The van der Waals surface area contributed by atoms with Gasteiger partial charge in [0, 0.05) is 30.1 Å². The van der Waals surface area contributed by atoms with Gasteiger partial charge in [0.25, 0.3) is 0 Å². The summed E-state index contributed by atoms with van der Waals surface area (Å²) in [6.45, 7) is 6.13. The molecule has 3 rings (SSSR count). The Kier molecular flexibility index (Phi) is 4.01. The summed E-state index contributed by atoms with van der Waals surface area (Å²) < 4.78 is 3.92. The maximum atomic E-state index is 4.45. The Hall–Kier alpha value is -2.14. The quantitative estimate of drug-likeness (QED) is 0.756. The van der Waals surface area contributed by atoms with Crippen molar-refractivity contribution in [2.24, 2.45) is 0 Å². The maximum absolute atomic E-state index is 4.45. The maximum Gasteiger partial charge on any atom is 0.0712 e. The van der Waals surface area contributed by atoms with E-state index in [1.54, 1.807) is 0 Å². The molecule has 21 heavy (non-hydrogen) atoms. The number of rotatable bonds is 6. The number of pyridine rings is 1. The Balaban J connectivity index is 2.00. The van der Waals surface area contributed by atoms with E-state index < -0.39 is 0 Å². The van der Waals surface area contributed by atoms with Crippen LogP contribution in [0.4, 0.5) is 0 Å². The summed E-state index contributed by atoms with van der Waals surface area (Å²) in [7, 11) is 0. The highest BCUT2D eigenvalue weighted by Crippen LogP contribution is 2.25. The van der Waals surface area contributed by atoms with Crippen LogP contribution in [0.5, 0.6) is 0 Å². The Morgan fingerprint density at radius 2 is 2.10 bits per heavy atom. The van der Waals surface area contributed by atoms with Crippen LogP contribution in [0.2, 0.25) is 0 Å². The van der Waals surface area contributed by atoms with Crippen molar-refractivity contribution in [2.45, 2.75) is 32.9 Å². The minimum Gasteiger partial charge on any atom is -0.306 e. The van der Waals surface area contributed by atoms with E-state index in [0.717, 1.165) is 25.0 Å². The summed E-state index contributed by atoms with van der Waals surface area (Å²) in [5, 5.41) is 12.4. The Bertz CT molecular complexity index is 712. The van der Waals surface area contributed by atoms with Crippen molar-refractivity contribution in [3.63, 3.8) is 0 Å². The molecule has 0 aliphatic carbocycles. The Morgan fingerprint density at radius 1 is 1.19 bits per heavy atom. The van der Waals surface area contributed by atoms with Gasteiger partial charge in [-0.15, -0.1) is 0 Å². The SMILES string of the molecule is CCCn1cc(C(NCC)c2cnn3ccccc23)cn1. The molecular weight excluding hydrogens is 262 g/mol. The van der Waals surface area contributed by atoms with Gasteiger partial charge in [0.05, 0.1) is 24.0 Å². The fraction of sp³-hybridized carbons (Fsp3) is 0.375. The molecule has 0 saturated heterocycles. The molecule has 0 bridgehead atoms. The molecule has 0 aliphatic rings. The lowest BCUT2D eigenvalue weighted by molar-refractivity contribution is 0.597. The fourth-order valence-electron chi connectivity index (χ4n) is 2.67. The first-order valence-electron chi connectivity index (χ1n) is 7.51. The van der Waals surface area contributed by atoms with E-state index in [4.69, 9.17) is 0 Å². The molecule has 0 spiro atoms. The predicted octanol–water partition coefficient (Wildman–Crippen LogP) is 2.64. The molecule has 110 valence electrons. The summed E-state index contributed by atoms with van der Waals surface area (Å²) in [4.78, 5) is 0. The second-order valence-corrected chi connectivity index (χ2v) is 5.16. The van der Waals surface area contributed by atoms with Crippen molar-refractivity contribution in [3.8, 4) is 0 Å². The minimum absolute atomic E-state index is 0.125. The number of nitrogens with one attached hydrogen (secondary N) is 1. The number of fused-ring (bicyclic) bond motifs is 1. The molecule has 1 N–H and O–H groups in total. The van der Waals surface area contributed by atoms with Crippen LogP contribution in [-0.2, 0) is 6.54 Å². The molecule has 0 radical (unpaired) electrons. The van der Waals surface area contributed by atoms with Crippen LogP contribution in [0.1, 0.15) is 37.4 Å². The molecule has 0 aromatic carbocycles. The lowest BCUT2D eigenvalue weighted by Crippen LogP contribution is -2.21. The van der Waals surface area contributed by atoms with Gasteiger partial charge in [-0.2, -0.15) is 10.2 Å². The van der Waals surface area contributed by atoms with Crippen molar-refractivity contribution >= 4 is 5.52 Å². The van der Waals surface area contributed by atoms with Gasteiger partial charge in [0.1, 0.15) is 0 Å². The minimum atomic E-state index is 0.125. The van der Waals surface area contributed by atoms with Crippen LogP contribution in [0.25, 0.3) is 5.52 Å². The van der Waals surface area contributed by atoms with E-state index in [0.29, 0.717) is 0 Å². The zero-order valence-electron chi connectivity index (χ0n) is 12.5. The molecule has 0 amide bonds. The molecule has 3 aromatic rings. The first kappa shape index (κ1) is 13.8. The normalized spacial score (nSPS) is 12.9. The smallest absolute Gasteiger partial charge is 0.0712 e. The summed E-state index contributed by atoms with van der Waals surface area (Å²) in [6, 6.07) is 6.26. The highest BCUT2D eigenvalue weighted by molar-refractivity contribution is 5.56. The third-order valence-corrected chi connectivity index (χ3v) is 3.61. The van der Waals surface area contributed by atoms with Gasteiger partial charge in [-0.25, -0.2) is 4.52 Å². The lowest BCUT2D eigenvalue weighted by atomic mass is 10.0. The molecule has 5 heteroatoms. The zero-order valence-corrected chi connectivity index (χ0v) is 12.5. The number of aryl methyl sites for hydroxylation is 1. The van der Waals surface area contributed by atoms with Crippen molar-refractivity contribution in [3.05, 3.63) is 54.1 Å². The third-order valence-electron chi connectivity index (χ3n) is 3.61. The predicted molar refractivity (Wildman–Crippen MR) is 83.2 cm³/mol. The van der Waals surface area contributed by atoms with Crippen LogP contribution in [0, 0.1) is 0 Å². The highest BCUT2D eigenvalue weighted by atomic mass is 15.3. The Labute approximate surface area is 124 Å². The van der Waals surface area contributed by atoms with Crippen LogP contribution < -0.4 is 5.32 Å². The summed E-state index contributed by atoms with van der Waals surface area (Å²) in [6.07, 6.45) is 9.09. The van der Waals surface area contributed by atoms with Crippen molar-refractivity contribution in [1.82, 2.24) is 24.7 Å². The third kappa shape index (κ3) is 2.69. The average molecular weight is 283 g/mol.